The molecule has 0 spiro atoms. The quantitative estimate of drug-likeness (QED) is 0.743. The van der Waals surface area contributed by atoms with Gasteiger partial charge in [0.25, 0.3) is 0 Å². The number of fused-ring (bicyclic) bond motifs is 2. The van der Waals surface area contributed by atoms with Crippen LogP contribution in [0.2, 0.25) is 0 Å². The summed E-state index contributed by atoms with van der Waals surface area (Å²) in [5.41, 5.74) is 5.62. The average Bonchev–Trinajstić information content (AvgIpc) is 3.11. The van der Waals surface area contributed by atoms with Crippen molar-refractivity contribution in [1.29, 1.82) is 0 Å². The van der Waals surface area contributed by atoms with Crippen LogP contribution < -0.4 is 10.4 Å². The first-order valence-electron chi connectivity index (χ1n) is 7.53. The van der Waals surface area contributed by atoms with Crippen molar-refractivity contribution in [2.75, 3.05) is 0 Å². The molecule has 2 aromatic carbocycles. The standard InChI is InChI=1S/C21H18/c1-14(2)16-11-12-18-17-9-5-6-10-19(17)21(20(18)13-16)15-7-3-4-8-15/h3-7,9-13H,8H2,1-2H3. The van der Waals surface area contributed by atoms with Crippen molar-refractivity contribution in [3.05, 3.63) is 92.7 Å². The van der Waals surface area contributed by atoms with E-state index in [9.17, 15) is 0 Å². The van der Waals surface area contributed by atoms with Crippen molar-refractivity contribution in [1.82, 2.24) is 0 Å². The molecule has 0 fully saturated rings. The summed E-state index contributed by atoms with van der Waals surface area (Å²) in [7, 11) is 0. The first-order chi connectivity index (χ1) is 10.3. The third-order valence-corrected chi connectivity index (χ3v) is 4.45. The van der Waals surface area contributed by atoms with Crippen LogP contribution in [0.5, 0.6) is 0 Å². The Morgan fingerprint density at radius 3 is 2.43 bits per heavy atom. The lowest BCUT2D eigenvalue weighted by Crippen LogP contribution is -2.08. The summed E-state index contributed by atoms with van der Waals surface area (Å²) in [4.78, 5) is 0. The maximum absolute atomic E-state index is 2.36. The van der Waals surface area contributed by atoms with Crippen LogP contribution in [0, 0.1) is 10.4 Å². The zero-order chi connectivity index (χ0) is 14.4. The maximum atomic E-state index is 2.36. The Balaban J connectivity index is 2.17. The van der Waals surface area contributed by atoms with Crippen LogP contribution in [0.4, 0.5) is 0 Å². The lowest BCUT2D eigenvalue weighted by atomic mass is 9.96. The van der Waals surface area contributed by atoms with Gasteiger partial charge >= 0.3 is 0 Å². The van der Waals surface area contributed by atoms with E-state index in [0.29, 0.717) is 0 Å². The molecular formula is C21H18. The molecule has 4 rings (SSSR count). The molecule has 0 heterocycles. The molecule has 0 aliphatic heterocycles. The highest BCUT2D eigenvalue weighted by Crippen LogP contribution is 2.29. The Hall–Kier alpha value is -2.34. The van der Waals surface area contributed by atoms with Crippen molar-refractivity contribution in [2.24, 2.45) is 0 Å². The van der Waals surface area contributed by atoms with Crippen LogP contribution in [0.25, 0.3) is 11.1 Å². The summed E-state index contributed by atoms with van der Waals surface area (Å²) in [6.45, 7) is 4.36. The highest BCUT2D eigenvalue weighted by molar-refractivity contribution is 5.82. The summed E-state index contributed by atoms with van der Waals surface area (Å²) in [5.74, 6) is 0. The molecule has 0 atom stereocenters. The minimum absolute atomic E-state index is 1.04. The SMILES string of the molecule is CC(C)=c1ccc2c(c1)C(C1=CC=CC1)=c1ccccc1=2. The maximum Gasteiger partial charge on any atom is -0.00635 e. The van der Waals surface area contributed by atoms with Crippen molar-refractivity contribution in [2.45, 2.75) is 20.3 Å². The molecular weight excluding hydrogens is 252 g/mol. The van der Waals surface area contributed by atoms with Gasteiger partial charge in [-0.1, -0.05) is 60.2 Å². The molecule has 0 saturated heterocycles. The van der Waals surface area contributed by atoms with Gasteiger partial charge in [-0.25, -0.2) is 0 Å². The van der Waals surface area contributed by atoms with Gasteiger partial charge in [0.1, 0.15) is 0 Å². The van der Waals surface area contributed by atoms with Crippen molar-refractivity contribution >= 4 is 11.1 Å². The molecule has 0 heteroatoms. The highest BCUT2D eigenvalue weighted by atomic mass is 14.2. The van der Waals surface area contributed by atoms with Gasteiger partial charge in [-0.3, -0.25) is 0 Å². The monoisotopic (exact) mass is 270 g/mol. The number of benzene rings is 2. The second-order valence-electron chi connectivity index (χ2n) is 6.01. The Labute approximate surface area is 124 Å². The highest BCUT2D eigenvalue weighted by Gasteiger charge is 2.16. The van der Waals surface area contributed by atoms with Gasteiger partial charge < -0.3 is 0 Å². The predicted octanol–water partition coefficient (Wildman–Crippen LogP) is 3.56. The van der Waals surface area contributed by atoms with Crippen molar-refractivity contribution in [3.63, 3.8) is 0 Å². The molecule has 0 nitrogen and oxygen atoms in total. The van der Waals surface area contributed by atoms with E-state index in [1.807, 2.05) is 0 Å². The largest absolute Gasteiger partial charge is 0.0801 e. The van der Waals surface area contributed by atoms with Crippen molar-refractivity contribution in [3.8, 4) is 0 Å². The van der Waals surface area contributed by atoms with E-state index in [4.69, 9.17) is 0 Å². The molecule has 102 valence electrons. The zero-order valence-corrected chi connectivity index (χ0v) is 12.5. The van der Waals surface area contributed by atoms with Gasteiger partial charge in [-0.15, -0.1) is 0 Å². The molecule has 0 unspecified atom stereocenters. The van der Waals surface area contributed by atoms with Crippen LogP contribution in [0.15, 0.2) is 66.3 Å². The Kier molecular flexibility index (Phi) is 2.71. The van der Waals surface area contributed by atoms with Gasteiger partial charge in [-0.2, -0.15) is 0 Å². The van der Waals surface area contributed by atoms with E-state index in [1.54, 1.807) is 0 Å². The second kappa shape index (κ2) is 4.60. The van der Waals surface area contributed by atoms with E-state index in [1.165, 1.54) is 43.2 Å². The van der Waals surface area contributed by atoms with Crippen LogP contribution in [0.3, 0.4) is 0 Å². The molecule has 2 aromatic rings. The number of hydrogen-bond donors (Lipinski definition) is 0. The number of hydrogen-bond acceptors (Lipinski definition) is 0. The Bertz CT molecular complexity index is 1010. The smallest absolute Gasteiger partial charge is 0.00635 e. The number of allylic oxidation sites excluding steroid dienone is 4. The van der Waals surface area contributed by atoms with Crippen LogP contribution in [-0.4, -0.2) is 0 Å². The fourth-order valence-electron chi connectivity index (χ4n) is 3.36. The topological polar surface area (TPSA) is 0 Å². The molecule has 21 heavy (non-hydrogen) atoms. The average molecular weight is 270 g/mol. The van der Waals surface area contributed by atoms with Gasteiger partial charge in [0, 0.05) is 0 Å². The minimum atomic E-state index is 1.04. The first kappa shape index (κ1) is 12.4. The van der Waals surface area contributed by atoms with E-state index in [-0.39, 0.29) is 0 Å². The molecule has 0 radical (unpaired) electrons. The predicted molar refractivity (Wildman–Crippen MR) is 88.9 cm³/mol. The normalized spacial score (nSPS) is 15.0. The summed E-state index contributed by atoms with van der Waals surface area (Å²) < 4.78 is 0. The van der Waals surface area contributed by atoms with Gasteiger partial charge in [0.15, 0.2) is 0 Å². The molecule has 0 amide bonds. The summed E-state index contributed by atoms with van der Waals surface area (Å²) in [6.07, 6.45) is 7.71. The second-order valence-corrected chi connectivity index (χ2v) is 6.01. The van der Waals surface area contributed by atoms with Gasteiger partial charge in [0.05, 0.1) is 0 Å². The van der Waals surface area contributed by atoms with E-state index < -0.39 is 0 Å². The fraction of sp³-hybridized carbons (Fsp3) is 0.143. The summed E-state index contributed by atoms with van der Waals surface area (Å²) in [6, 6.07) is 15.7. The molecule has 2 aliphatic rings. The summed E-state index contributed by atoms with van der Waals surface area (Å²) >= 11 is 0. The van der Waals surface area contributed by atoms with Gasteiger partial charge in [0.2, 0.25) is 0 Å². The van der Waals surface area contributed by atoms with E-state index >= 15 is 0 Å². The lowest BCUT2D eigenvalue weighted by molar-refractivity contribution is 1.32. The first-order valence-corrected chi connectivity index (χ1v) is 7.53. The van der Waals surface area contributed by atoms with Gasteiger partial charge in [-0.05, 0) is 63.9 Å². The third-order valence-electron chi connectivity index (χ3n) is 4.45. The molecule has 0 aromatic heterocycles. The molecule has 2 aliphatic carbocycles. The third kappa shape index (κ3) is 1.83. The molecule has 0 saturated carbocycles. The van der Waals surface area contributed by atoms with Crippen LogP contribution in [0.1, 0.15) is 25.8 Å². The van der Waals surface area contributed by atoms with Crippen molar-refractivity contribution < 1.29 is 0 Å². The number of rotatable bonds is 1. The molecule has 0 N–H and O–H groups in total. The fourth-order valence-corrected chi connectivity index (χ4v) is 3.36. The lowest BCUT2D eigenvalue weighted by Gasteiger charge is -2.07. The van der Waals surface area contributed by atoms with E-state index in [2.05, 4.69) is 74.5 Å². The molecule has 0 bridgehead atoms. The Morgan fingerprint density at radius 1 is 0.905 bits per heavy atom. The summed E-state index contributed by atoms with van der Waals surface area (Å²) in [5, 5.41) is 5.47. The minimum Gasteiger partial charge on any atom is -0.0801 e. The zero-order valence-electron chi connectivity index (χ0n) is 12.5. The van der Waals surface area contributed by atoms with E-state index in [0.717, 1.165) is 6.42 Å². The van der Waals surface area contributed by atoms with Crippen LogP contribution in [-0.2, 0) is 0 Å². The Morgan fingerprint density at radius 2 is 1.71 bits per heavy atom. The van der Waals surface area contributed by atoms with Crippen LogP contribution >= 0.6 is 0 Å².